The maximum atomic E-state index is 11.9. The molecule has 6 nitrogen and oxygen atoms in total. The van der Waals surface area contributed by atoms with Gasteiger partial charge in [0.05, 0.1) is 0 Å². The van der Waals surface area contributed by atoms with Crippen LogP contribution >= 0.6 is 0 Å². The molecule has 1 aromatic carbocycles. The number of aliphatic imine (C=N–C) groups is 1. The number of likely N-dealkylation sites (tertiary alicyclic amines) is 1. The van der Waals surface area contributed by atoms with E-state index in [0.717, 1.165) is 31.0 Å². The molecule has 0 radical (unpaired) electrons. The summed E-state index contributed by atoms with van der Waals surface area (Å²) in [6.07, 6.45) is 6.97. The fourth-order valence-corrected chi connectivity index (χ4v) is 3.27. The van der Waals surface area contributed by atoms with Crippen molar-refractivity contribution in [2.75, 3.05) is 39.8 Å². The summed E-state index contributed by atoms with van der Waals surface area (Å²) in [5.41, 5.74) is 1.11. The lowest BCUT2D eigenvalue weighted by Gasteiger charge is -2.20. The summed E-state index contributed by atoms with van der Waals surface area (Å²) in [7, 11) is 1.76. The SMILES string of the molecule is CN=C(NCCCN1CCCCCC1)NCCC(=O)NCc1ccccc1. The fraction of sp³-hybridized carbons (Fsp3) is 0.619. The molecule has 1 heterocycles. The van der Waals surface area contributed by atoms with Crippen LogP contribution in [-0.2, 0) is 11.3 Å². The van der Waals surface area contributed by atoms with Gasteiger partial charge >= 0.3 is 0 Å². The zero-order chi connectivity index (χ0) is 19.2. The van der Waals surface area contributed by atoms with Crippen LogP contribution in [0.1, 0.15) is 44.1 Å². The van der Waals surface area contributed by atoms with E-state index >= 15 is 0 Å². The van der Waals surface area contributed by atoms with Gasteiger partial charge in [-0.2, -0.15) is 0 Å². The van der Waals surface area contributed by atoms with Crippen molar-refractivity contribution in [3.8, 4) is 0 Å². The molecule has 0 aliphatic carbocycles. The molecular formula is C21H35N5O. The lowest BCUT2D eigenvalue weighted by molar-refractivity contribution is -0.121. The van der Waals surface area contributed by atoms with Gasteiger partial charge in [-0.05, 0) is 44.5 Å². The van der Waals surface area contributed by atoms with E-state index in [4.69, 9.17) is 0 Å². The first kappa shape index (κ1) is 21.2. The Hall–Kier alpha value is -2.08. The van der Waals surface area contributed by atoms with Gasteiger partial charge in [-0.1, -0.05) is 43.2 Å². The number of hydrogen-bond acceptors (Lipinski definition) is 3. The molecule has 2 rings (SSSR count). The Morgan fingerprint density at radius 3 is 2.41 bits per heavy atom. The number of nitrogens with zero attached hydrogens (tertiary/aromatic N) is 2. The Labute approximate surface area is 163 Å². The molecule has 6 heteroatoms. The van der Waals surface area contributed by atoms with Crippen LogP contribution in [0, 0.1) is 0 Å². The topological polar surface area (TPSA) is 68.8 Å². The summed E-state index contributed by atoms with van der Waals surface area (Å²) in [4.78, 5) is 18.7. The standard InChI is InChI=1S/C21H35N5O/c1-22-21(23-13-9-17-26-15-7-2-3-8-16-26)24-14-12-20(27)25-18-19-10-5-4-6-11-19/h4-6,10-11H,2-3,7-9,12-18H2,1H3,(H,25,27)(H2,22,23,24). The normalized spacial score (nSPS) is 15.8. The lowest BCUT2D eigenvalue weighted by Crippen LogP contribution is -2.40. The van der Waals surface area contributed by atoms with Gasteiger partial charge in [-0.25, -0.2) is 0 Å². The fourth-order valence-electron chi connectivity index (χ4n) is 3.27. The van der Waals surface area contributed by atoms with Gasteiger partial charge in [0.1, 0.15) is 0 Å². The van der Waals surface area contributed by atoms with Gasteiger partial charge in [0.2, 0.25) is 5.91 Å². The maximum absolute atomic E-state index is 11.9. The number of hydrogen-bond donors (Lipinski definition) is 3. The summed E-state index contributed by atoms with van der Waals surface area (Å²) in [6.45, 7) is 5.67. The van der Waals surface area contributed by atoms with Crippen molar-refractivity contribution < 1.29 is 4.79 Å². The van der Waals surface area contributed by atoms with Gasteiger partial charge in [0.25, 0.3) is 0 Å². The molecule has 1 amide bonds. The smallest absolute Gasteiger partial charge is 0.222 e. The minimum Gasteiger partial charge on any atom is -0.356 e. The minimum absolute atomic E-state index is 0.0444. The zero-order valence-corrected chi connectivity index (χ0v) is 16.7. The van der Waals surface area contributed by atoms with Gasteiger partial charge in [-0.15, -0.1) is 0 Å². The van der Waals surface area contributed by atoms with Crippen molar-refractivity contribution in [3.05, 3.63) is 35.9 Å². The number of amides is 1. The van der Waals surface area contributed by atoms with Gasteiger partial charge in [-0.3, -0.25) is 9.79 Å². The Morgan fingerprint density at radius 1 is 1.00 bits per heavy atom. The number of rotatable bonds is 9. The van der Waals surface area contributed by atoms with Crippen molar-refractivity contribution in [1.82, 2.24) is 20.9 Å². The third kappa shape index (κ3) is 9.43. The second kappa shape index (κ2) is 13.1. The van der Waals surface area contributed by atoms with E-state index in [0.29, 0.717) is 19.5 Å². The molecular weight excluding hydrogens is 338 g/mol. The largest absolute Gasteiger partial charge is 0.356 e. The van der Waals surface area contributed by atoms with Crippen LogP contribution in [0.15, 0.2) is 35.3 Å². The average Bonchev–Trinajstić information content (AvgIpc) is 2.98. The van der Waals surface area contributed by atoms with Gasteiger partial charge < -0.3 is 20.9 Å². The number of nitrogens with one attached hydrogen (secondary N) is 3. The molecule has 0 atom stereocenters. The summed E-state index contributed by atoms with van der Waals surface area (Å²) in [6, 6.07) is 9.95. The minimum atomic E-state index is 0.0444. The Kier molecular flexibility index (Phi) is 10.3. The predicted octanol–water partition coefficient (Wildman–Crippen LogP) is 2.12. The number of benzene rings is 1. The van der Waals surface area contributed by atoms with Crippen LogP contribution in [0.4, 0.5) is 0 Å². The van der Waals surface area contributed by atoms with Crippen molar-refractivity contribution in [3.63, 3.8) is 0 Å². The monoisotopic (exact) mass is 373 g/mol. The van der Waals surface area contributed by atoms with Crippen LogP contribution in [0.3, 0.4) is 0 Å². The Bertz CT molecular complexity index is 553. The molecule has 0 aromatic heterocycles. The molecule has 0 saturated carbocycles. The van der Waals surface area contributed by atoms with Gasteiger partial charge in [0, 0.05) is 33.1 Å². The third-order valence-electron chi connectivity index (χ3n) is 4.84. The van der Waals surface area contributed by atoms with Crippen LogP contribution in [0.5, 0.6) is 0 Å². The van der Waals surface area contributed by atoms with Crippen molar-refractivity contribution in [1.29, 1.82) is 0 Å². The average molecular weight is 374 g/mol. The van der Waals surface area contributed by atoms with E-state index in [2.05, 4.69) is 25.8 Å². The third-order valence-corrected chi connectivity index (χ3v) is 4.84. The summed E-state index contributed by atoms with van der Waals surface area (Å²) in [5.74, 6) is 0.810. The Balaban J connectivity index is 1.52. The molecule has 3 N–H and O–H groups in total. The summed E-state index contributed by atoms with van der Waals surface area (Å²) >= 11 is 0. The van der Waals surface area contributed by atoms with Crippen molar-refractivity contribution in [2.45, 2.75) is 45.1 Å². The zero-order valence-electron chi connectivity index (χ0n) is 16.7. The van der Waals surface area contributed by atoms with Crippen molar-refractivity contribution in [2.24, 2.45) is 4.99 Å². The van der Waals surface area contributed by atoms with E-state index in [-0.39, 0.29) is 5.91 Å². The van der Waals surface area contributed by atoms with E-state index in [9.17, 15) is 4.79 Å². The van der Waals surface area contributed by atoms with Crippen LogP contribution in [0.2, 0.25) is 0 Å². The molecule has 150 valence electrons. The molecule has 1 fully saturated rings. The second-order valence-electron chi connectivity index (χ2n) is 7.05. The number of carbonyl (C=O) groups excluding carboxylic acids is 1. The van der Waals surface area contributed by atoms with Crippen LogP contribution < -0.4 is 16.0 Å². The van der Waals surface area contributed by atoms with Crippen molar-refractivity contribution >= 4 is 11.9 Å². The molecule has 1 aliphatic heterocycles. The highest BCUT2D eigenvalue weighted by atomic mass is 16.1. The van der Waals surface area contributed by atoms with E-state index in [1.54, 1.807) is 7.05 Å². The summed E-state index contributed by atoms with van der Waals surface area (Å²) < 4.78 is 0. The maximum Gasteiger partial charge on any atom is 0.222 e. The molecule has 1 aromatic rings. The quantitative estimate of drug-likeness (QED) is 0.352. The highest BCUT2D eigenvalue weighted by Crippen LogP contribution is 2.09. The highest BCUT2D eigenvalue weighted by molar-refractivity contribution is 5.81. The van der Waals surface area contributed by atoms with Crippen LogP contribution in [0.25, 0.3) is 0 Å². The number of guanidine groups is 1. The van der Waals surface area contributed by atoms with E-state index in [1.807, 2.05) is 30.3 Å². The first-order valence-corrected chi connectivity index (χ1v) is 10.3. The lowest BCUT2D eigenvalue weighted by atomic mass is 10.2. The van der Waals surface area contributed by atoms with E-state index in [1.165, 1.54) is 38.8 Å². The highest BCUT2D eigenvalue weighted by Gasteiger charge is 2.08. The number of carbonyl (C=O) groups is 1. The predicted molar refractivity (Wildman–Crippen MR) is 112 cm³/mol. The van der Waals surface area contributed by atoms with Crippen LogP contribution in [-0.4, -0.2) is 56.5 Å². The molecule has 27 heavy (non-hydrogen) atoms. The molecule has 1 saturated heterocycles. The van der Waals surface area contributed by atoms with E-state index < -0.39 is 0 Å². The second-order valence-corrected chi connectivity index (χ2v) is 7.05. The first-order valence-electron chi connectivity index (χ1n) is 10.3. The first-order chi connectivity index (χ1) is 13.3. The molecule has 0 bridgehead atoms. The molecule has 0 unspecified atom stereocenters. The Morgan fingerprint density at radius 2 is 1.70 bits per heavy atom. The summed E-state index contributed by atoms with van der Waals surface area (Å²) in [5, 5.41) is 9.49. The molecule has 1 aliphatic rings. The van der Waals surface area contributed by atoms with Gasteiger partial charge in [0.15, 0.2) is 5.96 Å². The molecule has 0 spiro atoms.